The Hall–Kier alpha value is -1.31. The Morgan fingerprint density at radius 1 is 1.38 bits per heavy atom. The van der Waals surface area contributed by atoms with E-state index in [9.17, 15) is 22.8 Å². The molecule has 1 aliphatic heterocycles. The number of fused-ring (bicyclic) bond motifs is 1. The van der Waals surface area contributed by atoms with Gasteiger partial charge in [-0.15, -0.1) is 0 Å². The van der Waals surface area contributed by atoms with Gasteiger partial charge in [0.25, 0.3) is 0 Å². The Labute approximate surface area is 87.8 Å². The number of hydrogen-bond donors (Lipinski definition) is 1. The van der Waals surface area contributed by atoms with Crippen molar-refractivity contribution in [2.24, 2.45) is 5.92 Å². The Morgan fingerprint density at radius 2 is 2.00 bits per heavy atom. The van der Waals surface area contributed by atoms with Crippen molar-refractivity contribution in [2.45, 2.75) is 18.3 Å². The van der Waals surface area contributed by atoms with Crippen molar-refractivity contribution in [2.75, 3.05) is 13.2 Å². The van der Waals surface area contributed by atoms with Gasteiger partial charge in [0.05, 0.1) is 18.8 Å². The Bertz CT molecular complexity index is 343. The molecule has 1 saturated carbocycles. The SMILES string of the molecule is O=C(O)C1C2OCCN(C(=O)C(F)(F)F)C21. The van der Waals surface area contributed by atoms with E-state index in [-0.39, 0.29) is 13.2 Å². The molecule has 0 aromatic carbocycles. The standard InChI is InChI=1S/C8H8F3NO4/c9-8(10,11)7(15)12-1-2-16-5-3(4(5)12)6(13)14/h3-5H,1-2H2,(H,13,14). The minimum absolute atomic E-state index is 0.0627. The zero-order chi connectivity index (χ0) is 12.1. The number of rotatable bonds is 1. The molecule has 3 unspecified atom stereocenters. The second-order valence-electron chi connectivity index (χ2n) is 3.69. The van der Waals surface area contributed by atoms with Crippen LogP contribution in [0.1, 0.15) is 0 Å². The average molecular weight is 239 g/mol. The van der Waals surface area contributed by atoms with Crippen molar-refractivity contribution < 1.29 is 32.6 Å². The van der Waals surface area contributed by atoms with Gasteiger partial charge in [0.2, 0.25) is 0 Å². The minimum atomic E-state index is -4.96. The Morgan fingerprint density at radius 3 is 2.50 bits per heavy atom. The molecule has 1 aliphatic carbocycles. The number of alkyl halides is 3. The summed E-state index contributed by atoms with van der Waals surface area (Å²) in [7, 11) is 0. The van der Waals surface area contributed by atoms with Crippen LogP contribution >= 0.6 is 0 Å². The summed E-state index contributed by atoms with van der Waals surface area (Å²) in [4.78, 5) is 22.2. The third kappa shape index (κ3) is 1.62. The van der Waals surface area contributed by atoms with Crippen LogP contribution in [-0.4, -0.2) is 53.4 Å². The van der Waals surface area contributed by atoms with E-state index < -0.39 is 36.1 Å². The Kier molecular flexibility index (Phi) is 2.33. The van der Waals surface area contributed by atoms with E-state index >= 15 is 0 Å². The lowest BCUT2D eigenvalue weighted by atomic mass is 10.3. The first-order valence-corrected chi connectivity index (χ1v) is 4.56. The number of nitrogens with zero attached hydrogens (tertiary/aromatic N) is 1. The number of carboxylic acid groups (broad SMARTS) is 1. The summed E-state index contributed by atoms with van der Waals surface area (Å²) in [6.07, 6.45) is -5.76. The maximum Gasteiger partial charge on any atom is 0.471 e. The predicted molar refractivity (Wildman–Crippen MR) is 42.4 cm³/mol. The molecule has 0 aromatic heterocycles. The highest BCUT2D eigenvalue weighted by Crippen LogP contribution is 2.43. The molecular weight excluding hydrogens is 231 g/mol. The highest BCUT2D eigenvalue weighted by molar-refractivity contribution is 5.85. The first-order chi connectivity index (χ1) is 7.34. The van der Waals surface area contributed by atoms with Crippen LogP contribution in [0.5, 0.6) is 0 Å². The van der Waals surface area contributed by atoms with Gasteiger partial charge in [-0.3, -0.25) is 9.59 Å². The van der Waals surface area contributed by atoms with Gasteiger partial charge in [-0.1, -0.05) is 0 Å². The number of carbonyl (C=O) groups excluding carboxylic acids is 1. The molecule has 0 radical (unpaired) electrons. The first-order valence-electron chi connectivity index (χ1n) is 4.56. The molecule has 2 aliphatic rings. The maximum atomic E-state index is 12.2. The summed E-state index contributed by atoms with van der Waals surface area (Å²) in [6, 6.07) is -0.972. The second kappa shape index (κ2) is 3.34. The minimum Gasteiger partial charge on any atom is -0.481 e. The molecule has 2 fully saturated rings. The van der Waals surface area contributed by atoms with Crippen LogP contribution in [0.15, 0.2) is 0 Å². The highest BCUT2D eigenvalue weighted by atomic mass is 19.4. The van der Waals surface area contributed by atoms with Crippen molar-refractivity contribution in [1.29, 1.82) is 0 Å². The Balaban J connectivity index is 2.12. The van der Waals surface area contributed by atoms with Gasteiger partial charge in [-0.05, 0) is 0 Å². The zero-order valence-electron chi connectivity index (χ0n) is 7.90. The molecule has 2 rings (SSSR count). The molecule has 1 heterocycles. The third-order valence-corrected chi connectivity index (χ3v) is 2.71. The van der Waals surface area contributed by atoms with Crippen LogP contribution < -0.4 is 0 Å². The van der Waals surface area contributed by atoms with Crippen molar-refractivity contribution in [3.8, 4) is 0 Å². The van der Waals surface area contributed by atoms with Crippen molar-refractivity contribution in [3.05, 3.63) is 0 Å². The highest BCUT2D eigenvalue weighted by Gasteiger charge is 2.64. The van der Waals surface area contributed by atoms with Gasteiger partial charge < -0.3 is 14.7 Å². The van der Waals surface area contributed by atoms with Crippen LogP contribution in [0.25, 0.3) is 0 Å². The third-order valence-electron chi connectivity index (χ3n) is 2.71. The fourth-order valence-corrected chi connectivity index (χ4v) is 1.96. The fraction of sp³-hybridized carbons (Fsp3) is 0.750. The van der Waals surface area contributed by atoms with Gasteiger partial charge in [-0.25, -0.2) is 0 Å². The second-order valence-corrected chi connectivity index (χ2v) is 3.69. The smallest absolute Gasteiger partial charge is 0.471 e. The van der Waals surface area contributed by atoms with E-state index in [4.69, 9.17) is 9.84 Å². The predicted octanol–water partition coefficient (Wildman–Crippen LogP) is -0.141. The summed E-state index contributed by atoms with van der Waals surface area (Å²) in [5, 5.41) is 8.69. The number of carboxylic acids is 1. The average Bonchev–Trinajstić information content (AvgIpc) is 2.88. The molecule has 8 heteroatoms. The van der Waals surface area contributed by atoms with Crippen LogP contribution in [0.2, 0.25) is 0 Å². The summed E-state index contributed by atoms with van der Waals surface area (Å²) in [6.45, 7) is -0.282. The van der Waals surface area contributed by atoms with E-state index in [1.165, 1.54) is 0 Å². The number of halogens is 3. The van der Waals surface area contributed by atoms with E-state index in [1.807, 2.05) is 0 Å². The molecule has 0 aromatic rings. The number of ether oxygens (including phenoxy) is 1. The summed E-state index contributed by atoms with van der Waals surface area (Å²) >= 11 is 0. The van der Waals surface area contributed by atoms with Crippen LogP contribution in [0.3, 0.4) is 0 Å². The number of amides is 1. The lowest BCUT2D eigenvalue weighted by Crippen LogP contribution is -2.47. The van der Waals surface area contributed by atoms with E-state index in [0.29, 0.717) is 4.90 Å². The quantitative estimate of drug-likeness (QED) is 0.691. The van der Waals surface area contributed by atoms with Gasteiger partial charge in [0.15, 0.2) is 0 Å². The van der Waals surface area contributed by atoms with E-state index in [0.717, 1.165) is 0 Å². The van der Waals surface area contributed by atoms with Crippen molar-refractivity contribution in [1.82, 2.24) is 4.90 Å². The molecule has 16 heavy (non-hydrogen) atoms. The summed E-state index contributed by atoms with van der Waals surface area (Å²) in [5.41, 5.74) is 0. The molecular formula is C8H8F3NO4. The lowest BCUT2D eigenvalue weighted by Gasteiger charge is -2.27. The van der Waals surface area contributed by atoms with Crippen LogP contribution in [0.4, 0.5) is 13.2 Å². The number of aliphatic carboxylic acids is 1. The first kappa shape index (κ1) is 11.2. The molecule has 1 amide bonds. The van der Waals surface area contributed by atoms with Crippen molar-refractivity contribution in [3.63, 3.8) is 0 Å². The zero-order valence-corrected chi connectivity index (χ0v) is 7.90. The number of morpholine rings is 1. The van der Waals surface area contributed by atoms with Gasteiger partial charge in [-0.2, -0.15) is 13.2 Å². The molecule has 0 bridgehead atoms. The largest absolute Gasteiger partial charge is 0.481 e. The topological polar surface area (TPSA) is 66.8 Å². The number of hydrogen-bond acceptors (Lipinski definition) is 3. The fourth-order valence-electron chi connectivity index (χ4n) is 1.96. The normalized spacial score (nSPS) is 33.2. The monoisotopic (exact) mass is 239 g/mol. The van der Waals surface area contributed by atoms with Crippen molar-refractivity contribution >= 4 is 11.9 Å². The van der Waals surface area contributed by atoms with Crippen LogP contribution in [0, 0.1) is 5.92 Å². The lowest BCUT2D eigenvalue weighted by molar-refractivity contribution is -0.189. The molecule has 0 spiro atoms. The molecule has 90 valence electrons. The van der Waals surface area contributed by atoms with Crippen LogP contribution in [-0.2, 0) is 14.3 Å². The van der Waals surface area contributed by atoms with Gasteiger partial charge in [0, 0.05) is 6.54 Å². The van der Waals surface area contributed by atoms with E-state index in [1.54, 1.807) is 0 Å². The summed E-state index contributed by atoms with van der Waals surface area (Å²) in [5.74, 6) is -4.26. The van der Waals surface area contributed by atoms with Gasteiger partial charge >= 0.3 is 18.1 Å². The summed E-state index contributed by atoms with van der Waals surface area (Å²) < 4.78 is 41.5. The molecule has 1 saturated heterocycles. The maximum absolute atomic E-state index is 12.2. The molecule has 1 N–H and O–H groups in total. The molecule has 3 atom stereocenters. The number of carbonyl (C=O) groups is 2. The van der Waals surface area contributed by atoms with Gasteiger partial charge in [0.1, 0.15) is 5.92 Å². The molecule has 5 nitrogen and oxygen atoms in total. The van der Waals surface area contributed by atoms with E-state index in [2.05, 4.69) is 0 Å².